The van der Waals surface area contributed by atoms with Gasteiger partial charge in [-0.25, -0.2) is 4.79 Å². The molecule has 1 aromatic rings. The number of amides is 5. The molecule has 5 rings (SSSR count). The lowest BCUT2D eigenvalue weighted by atomic mass is 9.83. The second-order valence-corrected chi connectivity index (χ2v) is 11.6. The summed E-state index contributed by atoms with van der Waals surface area (Å²) >= 11 is 0. The summed E-state index contributed by atoms with van der Waals surface area (Å²) < 4.78 is 5.48. The molecule has 10 nitrogen and oxygen atoms in total. The number of imide groups is 2. The Kier molecular flexibility index (Phi) is 6.45. The number of rotatable bonds is 4. The summed E-state index contributed by atoms with van der Waals surface area (Å²) in [5.41, 5.74) is 1.01. The second kappa shape index (κ2) is 9.46. The Morgan fingerprint density at radius 3 is 2.30 bits per heavy atom. The van der Waals surface area contributed by atoms with Crippen molar-refractivity contribution in [1.29, 1.82) is 0 Å². The van der Waals surface area contributed by atoms with Gasteiger partial charge in [0.25, 0.3) is 11.8 Å². The highest BCUT2D eigenvalue weighted by molar-refractivity contribution is 6.23. The first-order chi connectivity index (χ1) is 17.5. The minimum absolute atomic E-state index is 0.101. The molecule has 3 fully saturated rings. The van der Waals surface area contributed by atoms with Crippen LogP contribution in [0.25, 0.3) is 0 Å². The van der Waals surface area contributed by atoms with Gasteiger partial charge in [0.1, 0.15) is 11.6 Å². The molecule has 4 aliphatic rings. The van der Waals surface area contributed by atoms with Crippen LogP contribution in [0.5, 0.6) is 0 Å². The minimum atomic E-state index is -0.955. The summed E-state index contributed by atoms with van der Waals surface area (Å²) in [5.74, 6) is -0.837. The third-order valence-corrected chi connectivity index (χ3v) is 7.68. The Morgan fingerprint density at radius 1 is 0.973 bits per heavy atom. The van der Waals surface area contributed by atoms with Gasteiger partial charge in [0.15, 0.2) is 0 Å². The average Bonchev–Trinajstić information content (AvgIpc) is 3.05. The molecule has 1 unspecified atom stereocenters. The van der Waals surface area contributed by atoms with Gasteiger partial charge < -0.3 is 14.5 Å². The fourth-order valence-electron chi connectivity index (χ4n) is 5.73. The van der Waals surface area contributed by atoms with Gasteiger partial charge in [-0.1, -0.05) is 0 Å². The van der Waals surface area contributed by atoms with Crippen LogP contribution in [0.15, 0.2) is 18.2 Å². The zero-order chi connectivity index (χ0) is 26.5. The van der Waals surface area contributed by atoms with Gasteiger partial charge in [-0.05, 0) is 76.5 Å². The largest absolute Gasteiger partial charge is 0.444 e. The smallest absolute Gasteiger partial charge is 0.410 e. The van der Waals surface area contributed by atoms with E-state index in [0.717, 1.165) is 56.0 Å². The number of hydrogen-bond donors (Lipinski definition) is 1. The number of likely N-dealkylation sites (tertiary alicyclic amines) is 1. The topological polar surface area (TPSA) is 116 Å². The molecular weight excluding hydrogens is 476 g/mol. The summed E-state index contributed by atoms with van der Waals surface area (Å²) in [4.78, 5) is 67.0. The monoisotopic (exact) mass is 510 g/mol. The molecule has 0 radical (unpaired) electrons. The number of carbonyl (C=O) groups is 5. The van der Waals surface area contributed by atoms with E-state index >= 15 is 0 Å². The molecule has 0 bridgehead atoms. The van der Waals surface area contributed by atoms with Crippen LogP contribution in [0.1, 0.15) is 73.6 Å². The minimum Gasteiger partial charge on any atom is -0.444 e. The first-order valence-corrected chi connectivity index (χ1v) is 13.1. The Balaban J connectivity index is 1.13. The van der Waals surface area contributed by atoms with Gasteiger partial charge in [-0.3, -0.25) is 29.4 Å². The molecule has 4 aliphatic heterocycles. The fraction of sp³-hybridized carbons (Fsp3) is 0.593. The number of carbonyl (C=O) groups excluding carboxylic acids is 5. The average molecular weight is 511 g/mol. The zero-order valence-corrected chi connectivity index (χ0v) is 21.6. The standard InChI is InChI=1S/C27H34N4O6/c1-27(2,3)37-26(36)29-10-8-16(9-11-29)12-17-14-30(15-17)18-4-5-19-20(13-18)25(35)31(24(19)34)21-6-7-22(32)28-23(21)33/h4-5,13,16-17,21H,6-12,14-15H2,1-3H3,(H,28,32,33). The van der Waals surface area contributed by atoms with E-state index in [4.69, 9.17) is 4.74 Å². The lowest BCUT2D eigenvalue weighted by Crippen LogP contribution is -2.54. The maximum atomic E-state index is 13.1. The lowest BCUT2D eigenvalue weighted by Gasteiger charge is -2.43. The Hall–Kier alpha value is -3.43. The van der Waals surface area contributed by atoms with E-state index in [-0.39, 0.29) is 24.8 Å². The number of nitrogens with zero attached hydrogens (tertiary/aromatic N) is 3. The van der Waals surface area contributed by atoms with E-state index in [1.54, 1.807) is 17.0 Å². The van der Waals surface area contributed by atoms with E-state index in [1.165, 1.54) is 0 Å². The van der Waals surface area contributed by atoms with Gasteiger partial charge in [-0.15, -0.1) is 0 Å². The van der Waals surface area contributed by atoms with Crippen LogP contribution >= 0.6 is 0 Å². The van der Waals surface area contributed by atoms with Crippen molar-refractivity contribution in [3.8, 4) is 0 Å². The molecule has 0 aromatic heterocycles. The van der Waals surface area contributed by atoms with Crippen molar-refractivity contribution in [1.82, 2.24) is 15.1 Å². The fourth-order valence-corrected chi connectivity index (χ4v) is 5.73. The molecule has 4 heterocycles. The Bertz CT molecular complexity index is 1140. The Morgan fingerprint density at radius 2 is 1.65 bits per heavy atom. The van der Waals surface area contributed by atoms with E-state index in [1.807, 2.05) is 26.8 Å². The summed E-state index contributed by atoms with van der Waals surface area (Å²) in [5, 5.41) is 2.22. The number of hydrogen-bond acceptors (Lipinski definition) is 7. The van der Waals surface area contributed by atoms with Gasteiger partial charge in [0, 0.05) is 38.3 Å². The van der Waals surface area contributed by atoms with Crippen molar-refractivity contribution in [3.63, 3.8) is 0 Å². The van der Waals surface area contributed by atoms with Crippen LogP contribution in [0.3, 0.4) is 0 Å². The van der Waals surface area contributed by atoms with Crippen molar-refractivity contribution >= 4 is 35.4 Å². The van der Waals surface area contributed by atoms with E-state index in [9.17, 15) is 24.0 Å². The van der Waals surface area contributed by atoms with Gasteiger partial charge >= 0.3 is 6.09 Å². The van der Waals surface area contributed by atoms with Crippen molar-refractivity contribution in [2.45, 2.75) is 64.5 Å². The molecule has 10 heteroatoms. The first kappa shape index (κ1) is 25.2. The second-order valence-electron chi connectivity index (χ2n) is 11.6. The highest BCUT2D eigenvalue weighted by Gasteiger charge is 2.45. The number of nitrogens with one attached hydrogen (secondary N) is 1. The molecule has 3 saturated heterocycles. The predicted molar refractivity (Wildman–Crippen MR) is 134 cm³/mol. The molecule has 37 heavy (non-hydrogen) atoms. The van der Waals surface area contributed by atoms with Crippen LogP contribution < -0.4 is 10.2 Å². The number of piperidine rings is 2. The molecule has 0 aliphatic carbocycles. The third kappa shape index (κ3) is 5.06. The maximum absolute atomic E-state index is 13.1. The van der Waals surface area contributed by atoms with Gasteiger partial charge in [0.05, 0.1) is 11.1 Å². The number of anilines is 1. The highest BCUT2D eigenvalue weighted by Crippen LogP contribution is 2.35. The Labute approximate surface area is 216 Å². The zero-order valence-electron chi connectivity index (χ0n) is 21.6. The molecule has 1 N–H and O–H groups in total. The van der Waals surface area contributed by atoms with Crippen LogP contribution in [-0.4, -0.2) is 77.3 Å². The van der Waals surface area contributed by atoms with Crippen LogP contribution in [0, 0.1) is 11.8 Å². The molecule has 5 amide bonds. The van der Waals surface area contributed by atoms with E-state index in [2.05, 4.69) is 10.2 Å². The van der Waals surface area contributed by atoms with Crippen molar-refractivity contribution in [2.75, 3.05) is 31.1 Å². The summed E-state index contributed by atoms with van der Waals surface area (Å²) in [6, 6.07) is 4.31. The predicted octanol–water partition coefficient (Wildman–Crippen LogP) is 2.56. The van der Waals surface area contributed by atoms with Crippen molar-refractivity contribution < 1.29 is 28.7 Å². The van der Waals surface area contributed by atoms with Crippen molar-refractivity contribution in [3.05, 3.63) is 29.3 Å². The maximum Gasteiger partial charge on any atom is 0.410 e. The summed E-state index contributed by atoms with van der Waals surface area (Å²) in [6.45, 7) is 8.84. The normalized spacial score (nSPS) is 23.2. The molecule has 0 saturated carbocycles. The molecular formula is C27H34N4O6. The molecule has 1 aromatic carbocycles. The third-order valence-electron chi connectivity index (χ3n) is 7.68. The SMILES string of the molecule is CC(C)(C)OC(=O)N1CCC(CC2CN(c3ccc4c(c3)C(=O)N(C3CCC(=O)NC3=O)C4=O)C2)CC1. The summed E-state index contributed by atoms with van der Waals surface area (Å²) in [7, 11) is 0. The van der Waals surface area contributed by atoms with Gasteiger partial charge in [0.2, 0.25) is 11.8 Å². The van der Waals surface area contributed by atoms with Crippen molar-refractivity contribution in [2.24, 2.45) is 11.8 Å². The van der Waals surface area contributed by atoms with Gasteiger partial charge in [-0.2, -0.15) is 0 Å². The van der Waals surface area contributed by atoms with Crippen LogP contribution in [0.4, 0.5) is 10.5 Å². The number of benzene rings is 1. The van der Waals surface area contributed by atoms with Crippen LogP contribution in [-0.2, 0) is 14.3 Å². The number of ether oxygens (including phenoxy) is 1. The van der Waals surface area contributed by atoms with E-state index in [0.29, 0.717) is 23.0 Å². The molecule has 0 spiro atoms. The highest BCUT2D eigenvalue weighted by atomic mass is 16.6. The number of fused-ring (bicyclic) bond motifs is 1. The molecule has 198 valence electrons. The van der Waals surface area contributed by atoms with E-state index < -0.39 is 29.4 Å². The molecule has 1 atom stereocenters. The first-order valence-electron chi connectivity index (χ1n) is 13.1. The van der Waals surface area contributed by atoms with Crippen LogP contribution in [0.2, 0.25) is 0 Å². The lowest BCUT2D eigenvalue weighted by molar-refractivity contribution is -0.136. The summed E-state index contributed by atoms with van der Waals surface area (Å²) in [6.07, 6.45) is 3.06. The quantitative estimate of drug-likeness (QED) is 0.619.